The van der Waals surface area contributed by atoms with Gasteiger partial charge < -0.3 is 10.6 Å². The first-order valence-corrected chi connectivity index (χ1v) is 7.63. The zero-order chi connectivity index (χ0) is 14.1. The number of rotatable bonds is 3. The summed E-state index contributed by atoms with van der Waals surface area (Å²) in [6.45, 7) is 0.451. The standard InChI is InChI=1S/C12H11BrN4O2S/c13-8-4-2-1-3-7(8)10-15-16-12(17(10)14)20-9-5-6-19-11(9)18/h1-4,9H,5-6,14H2/t9-/m0/s1. The van der Waals surface area contributed by atoms with E-state index in [-0.39, 0.29) is 11.2 Å². The maximum atomic E-state index is 11.5. The zero-order valence-corrected chi connectivity index (χ0v) is 12.7. The summed E-state index contributed by atoms with van der Waals surface area (Å²) in [6, 6.07) is 7.62. The van der Waals surface area contributed by atoms with Crippen molar-refractivity contribution in [2.24, 2.45) is 0 Å². The Kier molecular flexibility index (Phi) is 3.66. The van der Waals surface area contributed by atoms with Gasteiger partial charge in [-0.05, 0) is 12.1 Å². The van der Waals surface area contributed by atoms with E-state index in [2.05, 4.69) is 26.1 Å². The average Bonchev–Trinajstić information content (AvgIpc) is 2.99. The molecule has 1 saturated heterocycles. The van der Waals surface area contributed by atoms with Gasteiger partial charge in [0, 0.05) is 16.5 Å². The van der Waals surface area contributed by atoms with Crippen molar-refractivity contribution in [2.75, 3.05) is 12.4 Å². The van der Waals surface area contributed by atoms with Crippen LogP contribution in [0, 0.1) is 0 Å². The molecule has 6 nitrogen and oxygen atoms in total. The lowest BCUT2D eigenvalue weighted by Crippen LogP contribution is -2.15. The third-order valence-corrected chi connectivity index (χ3v) is 4.81. The number of halogens is 1. The molecule has 2 aromatic rings. The highest BCUT2D eigenvalue weighted by molar-refractivity contribution is 9.10. The third kappa shape index (κ3) is 2.40. The molecule has 1 atom stereocenters. The van der Waals surface area contributed by atoms with Gasteiger partial charge in [0.05, 0.1) is 6.61 Å². The van der Waals surface area contributed by atoms with Crippen LogP contribution in [-0.4, -0.2) is 32.7 Å². The Morgan fingerprint density at radius 2 is 2.20 bits per heavy atom. The minimum Gasteiger partial charge on any atom is -0.465 e. The van der Waals surface area contributed by atoms with Crippen LogP contribution in [-0.2, 0) is 9.53 Å². The Bertz CT molecular complexity index is 661. The van der Waals surface area contributed by atoms with Gasteiger partial charge in [-0.25, -0.2) is 4.68 Å². The van der Waals surface area contributed by atoms with Crippen molar-refractivity contribution in [3.05, 3.63) is 28.7 Å². The van der Waals surface area contributed by atoms with E-state index in [1.165, 1.54) is 16.4 Å². The Balaban J connectivity index is 1.89. The van der Waals surface area contributed by atoms with Crippen LogP contribution in [0.25, 0.3) is 11.4 Å². The molecule has 0 unspecified atom stereocenters. The molecule has 1 aromatic heterocycles. The summed E-state index contributed by atoms with van der Waals surface area (Å²) in [5.41, 5.74) is 0.850. The molecule has 1 aliphatic heterocycles. The van der Waals surface area contributed by atoms with Gasteiger partial charge in [0.25, 0.3) is 0 Å². The van der Waals surface area contributed by atoms with E-state index in [9.17, 15) is 4.79 Å². The van der Waals surface area contributed by atoms with Gasteiger partial charge in [0.1, 0.15) is 5.25 Å². The van der Waals surface area contributed by atoms with Crippen molar-refractivity contribution in [1.29, 1.82) is 0 Å². The number of carbonyl (C=O) groups is 1. The van der Waals surface area contributed by atoms with Gasteiger partial charge in [-0.1, -0.05) is 39.8 Å². The smallest absolute Gasteiger partial charge is 0.319 e. The van der Waals surface area contributed by atoms with Crippen LogP contribution in [0.1, 0.15) is 6.42 Å². The molecule has 1 fully saturated rings. The largest absolute Gasteiger partial charge is 0.465 e. The van der Waals surface area contributed by atoms with Crippen molar-refractivity contribution in [3.63, 3.8) is 0 Å². The molecular weight excluding hydrogens is 344 g/mol. The number of ether oxygens (including phenoxy) is 1. The molecule has 8 heteroatoms. The summed E-state index contributed by atoms with van der Waals surface area (Å²) in [4.78, 5) is 11.5. The molecule has 1 aliphatic rings. The summed E-state index contributed by atoms with van der Waals surface area (Å²) >= 11 is 4.74. The highest BCUT2D eigenvalue weighted by atomic mass is 79.9. The highest BCUT2D eigenvalue weighted by Crippen LogP contribution is 2.31. The molecule has 3 rings (SSSR count). The fourth-order valence-corrected chi connectivity index (χ4v) is 3.28. The van der Waals surface area contributed by atoms with E-state index in [4.69, 9.17) is 10.6 Å². The molecule has 0 spiro atoms. The monoisotopic (exact) mass is 354 g/mol. The molecule has 0 aliphatic carbocycles. The lowest BCUT2D eigenvalue weighted by atomic mass is 10.2. The van der Waals surface area contributed by atoms with Gasteiger partial charge in [0.15, 0.2) is 5.82 Å². The molecule has 0 radical (unpaired) electrons. The number of benzene rings is 1. The number of hydrogen-bond donors (Lipinski definition) is 1. The van der Waals surface area contributed by atoms with Crippen molar-refractivity contribution in [1.82, 2.24) is 14.9 Å². The number of nitrogens with two attached hydrogens (primary N) is 1. The molecule has 0 saturated carbocycles. The second kappa shape index (κ2) is 5.45. The molecular formula is C12H11BrN4O2S. The minimum atomic E-state index is -0.256. The van der Waals surface area contributed by atoms with E-state index in [0.29, 0.717) is 24.0 Å². The Morgan fingerprint density at radius 1 is 1.40 bits per heavy atom. The Labute approximate surface area is 127 Å². The van der Waals surface area contributed by atoms with E-state index in [1.807, 2.05) is 24.3 Å². The maximum Gasteiger partial charge on any atom is 0.319 e. The first-order chi connectivity index (χ1) is 9.66. The number of carbonyl (C=O) groups excluding carboxylic acids is 1. The summed E-state index contributed by atoms with van der Waals surface area (Å²) in [5.74, 6) is 6.35. The van der Waals surface area contributed by atoms with E-state index in [1.54, 1.807) is 0 Å². The number of nitrogens with zero attached hydrogens (tertiary/aromatic N) is 3. The number of nitrogen functional groups attached to an aromatic ring is 1. The van der Waals surface area contributed by atoms with Crippen LogP contribution in [0.15, 0.2) is 33.9 Å². The molecule has 2 heterocycles. The SMILES string of the molecule is Nn1c(S[C@H]2CCOC2=O)nnc1-c1ccccc1Br. The second-order valence-electron chi connectivity index (χ2n) is 4.22. The van der Waals surface area contributed by atoms with E-state index < -0.39 is 0 Å². The van der Waals surface area contributed by atoms with Gasteiger partial charge in [-0.15, -0.1) is 10.2 Å². The minimum absolute atomic E-state index is 0.222. The summed E-state index contributed by atoms with van der Waals surface area (Å²) < 4.78 is 7.21. The normalized spacial score (nSPS) is 18.2. The average molecular weight is 355 g/mol. The van der Waals surface area contributed by atoms with E-state index in [0.717, 1.165) is 10.0 Å². The van der Waals surface area contributed by atoms with Crippen LogP contribution in [0.4, 0.5) is 0 Å². The first-order valence-electron chi connectivity index (χ1n) is 5.95. The second-order valence-corrected chi connectivity index (χ2v) is 6.24. The maximum absolute atomic E-state index is 11.5. The lowest BCUT2D eigenvalue weighted by molar-refractivity contribution is -0.137. The lowest BCUT2D eigenvalue weighted by Gasteiger charge is -2.06. The number of aromatic nitrogens is 3. The molecule has 0 amide bonds. The quantitative estimate of drug-likeness (QED) is 0.668. The molecule has 20 heavy (non-hydrogen) atoms. The zero-order valence-electron chi connectivity index (χ0n) is 10.3. The molecule has 104 valence electrons. The number of hydrogen-bond acceptors (Lipinski definition) is 6. The van der Waals surface area contributed by atoms with Crippen molar-refractivity contribution < 1.29 is 9.53 Å². The Hall–Kier alpha value is -1.54. The van der Waals surface area contributed by atoms with Gasteiger partial charge >= 0.3 is 5.97 Å². The summed E-state index contributed by atoms with van der Waals surface area (Å²) in [7, 11) is 0. The van der Waals surface area contributed by atoms with Crippen molar-refractivity contribution in [3.8, 4) is 11.4 Å². The van der Waals surface area contributed by atoms with Crippen molar-refractivity contribution >= 4 is 33.7 Å². The fourth-order valence-electron chi connectivity index (χ4n) is 1.90. The summed E-state index contributed by atoms with van der Waals surface area (Å²) in [5, 5.41) is 8.40. The number of esters is 1. The predicted molar refractivity (Wildman–Crippen MR) is 78.5 cm³/mol. The van der Waals surface area contributed by atoms with Gasteiger partial charge in [0.2, 0.25) is 5.16 Å². The van der Waals surface area contributed by atoms with Crippen LogP contribution in [0.3, 0.4) is 0 Å². The molecule has 1 aromatic carbocycles. The topological polar surface area (TPSA) is 83.0 Å². The van der Waals surface area contributed by atoms with Gasteiger partial charge in [-0.2, -0.15) is 0 Å². The fraction of sp³-hybridized carbons (Fsp3) is 0.250. The first kappa shape index (κ1) is 13.4. The highest BCUT2D eigenvalue weighted by Gasteiger charge is 2.29. The van der Waals surface area contributed by atoms with Crippen LogP contribution < -0.4 is 5.84 Å². The number of cyclic esters (lactones) is 1. The molecule has 0 bridgehead atoms. The summed E-state index contributed by atoms with van der Waals surface area (Å²) in [6.07, 6.45) is 0.667. The third-order valence-electron chi connectivity index (χ3n) is 2.91. The van der Waals surface area contributed by atoms with Crippen LogP contribution in [0.2, 0.25) is 0 Å². The van der Waals surface area contributed by atoms with Crippen LogP contribution >= 0.6 is 27.7 Å². The molecule has 2 N–H and O–H groups in total. The predicted octanol–water partition coefficient (Wildman–Crippen LogP) is 1.83. The van der Waals surface area contributed by atoms with Crippen molar-refractivity contribution in [2.45, 2.75) is 16.8 Å². The van der Waals surface area contributed by atoms with Crippen LogP contribution in [0.5, 0.6) is 0 Å². The number of thioether (sulfide) groups is 1. The van der Waals surface area contributed by atoms with E-state index >= 15 is 0 Å². The van der Waals surface area contributed by atoms with Gasteiger partial charge in [-0.3, -0.25) is 4.79 Å². The Morgan fingerprint density at radius 3 is 2.90 bits per heavy atom.